The van der Waals surface area contributed by atoms with E-state index in [9.17, 15) is 13.2 Å². The molecule has 0 aromatic heterocycles. The molecule has 2 N–H and O–H groups in total. The molecule has 0 amide bonds. The molecule has 1 aromatic carbocycles. The first-order valence-electron chi connectivity index (χ1n) is 5.50. The number of carbonyl (C=O) groups excluding carboxylic acids is 1. The van der Waals surface area contributed by atoms with Crippen LogP contribution in [0.4, 0.5) is 0 Å². The van der Waals surface area contributed by atoms with Gasteiger partial charge in [-0.1, -0.05) is 12.1 Å². The number of nitrogens with two attached hydrogens (primary N) is 1. The number of carbonyl (C=O) groups is 1. The number of sulfonamides is 1. The van der Waals surface area contributed by atoms with E-state index in [1.54, 1.807) is 12.1 Å². The molecule has 0 atom stereocenters. The topological polar surface area (TPSA) is 77.2 Å². The molecule has 0 saturated carbocycles. The Morgan fingerprint density at radius 1 is 1.22 bits per heavy atom. The first-order valence-corrected chi connectivity index (χ1v) is 7.05. The Labute approximate surface area is 107 Å². The van der Waals surface area contributed by atoms with Crippen LogP contribution in [0.2, 0.25) is 0 Å². The van der Waals surface area contributed by atoms with Crippen molar-refractivity contribution in [1.82, 2.24) is 0 Å². The maximum Gasteiger partial charge on any atom is 0.238 e. The van der Waals surface area contributed by atoms with Gasteiger partial charge in [0.25, 0.3) is 0 Å². The van der Waals surface area contributed by atoms with Gasteiger partial charge in [0.05, 0.1) is 4.90 Å². The van der Waals surface area contributed by atoms with E-state index in [1.165, 1.54) is 12.1 Å². The molecule has 18 heavy (non-hydrogen) atoms. The molecule has 0 aliphatic heterocycles. The van der Waals surface area contributed by atoms with Gasteiger partial charge in [0.2, 0.25) is 10.0 Å². The van der Waals surface area contributed by atoms with E-state index in [4.69, 9.17) is 11.6 Å². The molecular weight excluding hydrogens is 250 g/mol. The Hall–Kier alpha value is -1.64. The number of aryl methyl sites for hydroxylation is 1. The molecule has 0 aliphatic rings. The maximum atomic E-state index is 11.4. The van der Waals surface area contributed by atoms with Crippen LogP contribution < -0.4 is 5.14 Å². The van der Waals surface area contributed by atoms with Crippen molar-refractivity contribution in [1.29, 1.82) is 0 Å². The zero-order chi connectivity index (χ0) is 13.6. The monoisotopic (exact) mass is 265 g/mol. The Bertz CT molecular complexity index is 553. The van der Waals surface area contributed by atoms with Gasteiger partial charge in [0.15, 0.2) is 0 Å². The SMILES string of the molecule is C#CCCC(=O)CCc1ccc(S(N)(=O)=O)cc1. The van der Waals surface area contributed by atoms with Crippen molar-refractivity contribution in [3.05, 3.63) is 29.8 Å². The van der Waals surface area contributed by atoms with Crippen molar-refractivity contribution in [2.75, 3.05) is 0 Å². The van der Waals surface area contributed by atoms with E-state index in [2.05, 4.69) is 5.92 Å². The van der Waals surface area contributed by atoms with Crippen LogP contribution in [0.1, 0.15) is 24.8 Å². The second-order valence-electron chi connectivity index (χ2n) is 3.93. The minimum absolute atomic E-state index is 0.0740. The van der Waals surface area contributed by atoms with Gasteiger partial charge in [-0.2, -0.15) is 0 Å². The van der Waals surface area contributed by atoms with Crippen molar-refractivity contribution in [3.8, 4) is 12.3 Å². The average Bonchev–Trinajstić information content (AvgIpc) is 2.33. The highest BCUT2D eigenvalue weighted by molar-refractivity contribution is 7.89. The fourth-order valence-electron chi connectivity index (χ4n) is 1.47. The number of Topliss-reactive ketones (excluding diaryl/α,β-unsaturated/α-hetero) is 1. The lowest BCUT2D eigenvalue weighted by Crippen LogP contribution is -2.11. The minimum atomic E-state index is -3.65. The van der Waals surface area contributed by atoms with Crippen molar-refractivity contribution in [3.63, 3.8) is 0 Å². The van der Waals surface area contributed by atoms with Crippen LogP contribution in [-0.4, -0.2) is 14.2 Å². The molecule has 5 heteroatoms. The number of ketones is 1. The van der Waals surface area contributed by atoms with Crippen LogP contribution in [-0.2, 0) is 21.2 Å². The number of hydrogen-bond donors (Lipinski definition) is 1. The lowest BCUT2D eigenvalue weighted by atomic mass is 10.1. The summed E-state index contributed by atoms with van der Waals surface area (Å²) in [6.45, 7) is 0. The second kappa shape index (κ2) is 6.34. The van der Waals surface area contributed by atoms with E-state index in [0.717, 1.165) is 5.56 Å². The highest BCUT2D eigenvalue weighted by Crippen LogP contribution is 2.11. The quantitative estimate of drug-likeness (QED) is 0.786. The van der Waals surface area contributed by atoms with Crippen molar-refractivity contribution < 1.29 is 13.2 Å². The number of hydrogen-bond acceptors (Lipinski definition) is 3. The normalized spacial score (nSPS) is 10.9. The zero-order valence-corrected chi connectivity index (χ0v) is 10.7. The van der Waals surface area contributed by atoms with Crippen molar-refractivity contribution in [2.45, 2.75) is 30.6 Å². The molecule has 0 heterocycles. The Morgan fingerprint density at radius 3 is 2.33 bits per heavy atom. The van der Waals surface area contributed by atoms with Crippen LogP contribution in [0.3, 0.4) is 0 Å². The Morgan fingerprint density at radius 2 is 1.83 bits per heavy atom. The van der Waals surface area contributed by atoms with Crippen molar-refractivity contribution >= 4 is 15.8 Å². The van der Waals surface area contributed by atoms with Crippen molar-refractivity contribution in [2.24, 2.45) is 5.14 Å². The second-order valence-corrected chi connectivity index (χ2v) is 5.49. The molecule has 1 aromatic rings. The largest absolute Gasteiger partial charge is 0.300 e. The van der Waals surface area contributed by atoms with Gasteiger partial charge < -0.3 is 0 Å². The molecule has 0 bridgehead atoms. The summed E-state index contributed by atoms with van der Waals surface area (Å²) >= 11 is 0. The summed E-state index contributed by atoms with van der Waals surface area (Å²) in [6.07, 6.45) is 6.92. The highest BCUT2D eigenvalue weighted by Gasteiger charge is 2.07. The highest BCUT2D eigenvalue weighted by atomic mass is 32.2. The van der Waals surface area contributed by atoms with Gasteiger partial charge >= 0.3 is 0 Å². The summed E-state index contributed by atoms with van der Waals surface area (Å²) in [6, 6.07) is 6.20. The van der Waals surface area contributed by atoms with Gasteiger partial charge in [0, 0.05) is 19.3 Å². The lowest BCUT2D eigenvalue weighted by Gasteiger charge is -2.02. The Kier molecular flexibility index (Phi) is 5.08. The predicted molar refractivity (Wildman–Crippen MR) is 69.2 cm³/mol. The number of terminal acetylenes is 1. The van der Waals surface area contributed by atoms with Gasteiger partial charge in [0.1, 0.15) is 5.78 Å². The number of primary sulfonamides is 1. The molecule has 0 radical (unpaired) electrons. The van der Waals surface area contributed by atoms with Gasteiger partial charge in [-0.05, 0) is 24.1 Å². The predicted octanol–water partition coefficient (Wildman–Crippen LogP) is 1.25. The van der Waals surface area contributed by atoms with Crippen LogP contribution in [0.5, 0.6) is 0 Å². The summed E-state index contributed by atoms with van der Waals surface area (Å²) in [5.41, 5.74) is 0.899. The van der Waals surface area contributed by atoms with Crippen LogP contribution in [0, 0.1) is 12.3 Å². The molecule has 4 nitrogen and oxygen atoms in total. The molecule has 0 spiro atoms. The molecule has 0 saturated heterocycles. The number of rotatable bonds is 6. The van der Waals surface area contributed by atoms with Gasteiger partial charge in [-0.15, -0.1) is 12.3 Å². The number of benzene rings is 1. The summed E-state index contributed by atoms with van der Waals surface area (Å²) in [4.78, 5) is 11.5. The smallest absolute Gasteiger partial charge is 0.238 e. The third-order valence-electron chi connectivity index (χ3n) is 2.49. The summed E-state index contributed by atoms with van der Waals surface area (Å²) in [5.74, 6) is 2.53. The van der Waals surface area contributed by atoms with Gasteiger partial charge in [-0.3, -0.25) is 4.79 Å². The van der Waals surface area contributed by atoms with Crippen LogP contribution in [0.25, 0.3) is 0 Å². The van der Waals surface area contributed by atoms with E-state index < -0.39 is 10.0 Å². The summed E-state index contributed by atoms with van der Waals surface area (Å²) in [5, 5.41) is 4.98. The first-order chi connectivity index (χ1) is 8.43. The first kappa shape index (κ1) is 14.4. The summed E-state index contributed by atoms with van der Waals surface area (Å²) in [7, 11) is -3.65. The van der Waals surface area contributed by atoms with Crippen LogP contribution >= 0.6 is 0 Å². The third kappa shape index (κ3) is 4.70. The standard InChI is InChI=1S/C13H15NO3S/c1-2-3-4-12(15)8-5-11-6-9-13(10-7-11)18(14,16)17/h1,6-7,9-10H,3-5,8H2,(H2,14,16,17). The molecular formula is C13H15NO3S. The van der Waals surface area contributed by atoms with Crippen LogP contribution in [0.15, 0.2) is 29.2 Å². The van der Waals surface area contributed by atoms with Gasteiger partial charge in [-0.25, -0.2) is 13.6 Å². The zero-order valence-electron chi connectivity index (χ0n) is 9.93. The van der Waals surface area contributed by atoms with E-state index >= 15 is 0 Å². The maximum absolute atomic E-state index is 11.4. The van der Waals surface area contributed by atoms with E-state index in [1.807, 2.05) is 0 Å². The molecule has 0 fully saturated rings. The molecule has 0 aliphatic carbocycles. The minimum Gasteiger partial charge on any atom is -0.300 e. The third-order valence-corrected chi connectivity index (χ3v) is 3.42. The molecule has 1 rings (SSSR count). The molecule has 96 valence electrons. The molecule has 0 unspecified atom stereocenters. The fourth-order valence-corrected chi connectivity index (χ4v) is 1.98. The lowest BCUT2D eigenvalue weighted by molar-refractivity contribution is -0.118. The Balaban J connectivity index is 2.55. The summed E-state index contributed by atoms with van der Waals surface area (Å²) < 4.78 is 22.1. The van der Waals surface area contributed by atoms with E-state index in [0.29, 0.717) is 25.7 Å². The van der Waals surface area contributed by atoms with E-state index in [-0.39, 0.29) is 10.7 Å². The fraction of sp³-hybridized carbons (Fsp3) is 0.308. The average molecular weight is 265 g/mol.